The number of ether oxygens (including phenoxy) is 1. The number of benzene rings is 1. The van der Waals surface area contributed by atoms with Gasteiger partial charge in [0.05, 0.1) is 12.2 Å². The maximum Gasteiger partial charge on any atom is 0.258 e. The number of hydrogen-bond acceptors (Lipinski definition) is 4. The summed E-state index contributed by atoms with van der Waals surface area (Å²) >= 11 is 5.85. The van der Waals surface area contributed by atoms with E-state index >= 15 is 0 Å². The Morgan fingerprint density at radius 1 is 1.32 bits per heavy atom. The number of aromatic nitrogens is 2. The summed E-state index contributed by atoms with van der Waals surface area (Å²) in [6.45, 7) is 0.320. The predicted molar refractivity (Wildman–Crippen MR) is 82.8 cm³/mol. The standard InChI is InChI=1S/C16H16ClN3O2/c17-12-2-1-3-14(6-12)22-9-16(21)18-8-13-7-15(11-4-5-11)20-10-19-13/h1-3,6-7,10-11H,4-5,8-9H2,(H,18,21). The molecule has 1 amide bonds. The second-order valence-electron chi connectivity index (χ2n) is 5.23. The first-order chi connectivity index (χ1) is 10.7. The molecule has 5 nitrogen and oxygen atoms in total. The molecule has 0 aliphatic heterocycles. The molecule has 3 rings (SSSR count). The van der Waals surface area contributed by atoms with E-state index in [1.807, 2.05) is 6.07 Å². The van der Waals surface area contributed by atoms with Crippen molar-refractivity contribution >= 4 is 17.5 Å². The van der Waals surface area contributed by atoms with E-state index < -0.39 is 0 Å². The van der Waals surface area contributed by atoms with Gasteiger partial charge in [-0.2, -0.15) is 0 Å². The van der Waals surface area contributed by atoms with E-state index in [9.17, 15) is 4.79 Å². The number of carbonyl (C=O) groups is 1. The van der Waals surface area contributed by atoms with Crippen LogP contribution in [0.4, 0.5) is 0 Å². The van der Waals surface area contributed by atoms with Gasteiger partial charge in [0, 0.05) is 16.6 Å². The summed E-state index contributed by atoms with van der Waals surface area (Å²) < 4.78 is 5.38. The third-order valence-corrected chi connectivity index (χ3v) is 3.61. The minimum Gasteiger partial charge on any atom is -0.484 e. The van der Waals surface area contributed by atoms with Crippen LogP contribution in [0.1, 0.15) is 30.1 Å². The highest BCUT2D eigenvalue weighted by Crippen LogP contribution is 2.38. The molecule has 114 valence electrons. The zero-order valence-corrected chi connectivity index (χ0v) is 12.7. The van der Waals surface area contributed by atoms with Crippen LogP contribution in [0.15, 0.2) is 36.7 Å². The number of amides is 1. The van der Waals surface area contributed by atoms with Crippen molar-refractivity contribution < 1.29 is 9.53 Å². The Hall–Kier alpha value is -2.14. The lowest BCUT2D eigenvalue weighted by molar-refractivity contribution is -0.123. The normalized spacial score (nSPS) is 13.7. The SMILES string of the molecule is O=C(COc1cccc(Cl)c1)NCc1cc(C2CC2)ncn1. The molecule has 0 radical (unpaired) electrons. The third-order valence-electron chi connectivity index (χ3n) is 3.37. The van der Waals surface area contributed by atoms with Crippen LogP contribution in [0.5, 0.6) is 5.75 Å². The molecule has 1 aromatic carbocycles. The summed E-state index contributed by atoms with van der Waals surface area (Å²) in [5.74, 6) is 0.941. The molecule has 1 heterocycles. The molecule has 6 heteroatoms. The highest BCUT2D eigenvalue weighted by atomic mass is 35.5. The van der Waals surface area contributed by atoms with E-state index in [4.69, 9.17) is 16.3 Å². The topological polar surface area (TPSA) is 64.1 Å². The Kier molecular flexibility index (Phi) is 4.53. The van der Waals surface area contributed by atoms with Crippen LogP contribution < -0.4 is 10.1 Å². The summed E-state index contributed by atoms with van der Waals surface area (Å²) in [7, 11) is 0. The Balaban J connectivity index is 1.47. The zero-order valence-electron chi connectivity index (χ0n) is 12.0. The fourth-order valence-corrected chi connectivity index (χ4v) is 2.24. The van der Waals surface area contributed by atoms with E-state index in [0.717, 1.165) is 11.4 Å². The van der Waals surface area contributed by atoms with Gasteiger partial charge in [-0.05, 0) is 37.1 Å². The first kappa shape index (κ1) is 14.8. The first-order valence-electron chi connectivity index (χ1n) is 7.16. The average molecular weight is 318 g/mol. The Bertz CT molecular complexity index is 674. The molecule has 0 bridgehead atoms. The van der Waals surface area contributed by atoms with Gasteiger partial charge in [-0.3, -0.25) is 4.79 Å². The predicted octanol–water partition coefficient (Wildman–Crippen LogP) is 2.70. The van der Waals surface area contributed by atoms with Crippen molar-refractivity contribution in [2.75, 3.05) is 6.61 Å². The van der Waals surface area contributed by atoms with Gasteiger partial charge in [-0.1, -0.05) is 17.7 Å². The van der Waals surface area contributed by atoms with Crippen LogP contribution in [-0.4, -0.2) is 22.5 Å². The molecular formula is C16H16ClN3O2. The number of nitrogens with zero attached hydrogens (tertiary/aromatic N) is 2. The fourth-order valence-electron chi connectivity index (χ4n) is 2.06. The van der Waals surface area contributed by atoms with Gasteiger partial charge >= 0.3 is 0 Å². The van der Waals surface area contributed by atoms with E-state index in [1.165, 1.54) is 12.8 Å². The molecule has 0 atom stereocenters. The summed E-state index contributed by atoms with van der Waals surface area (Å²) in [6, 6.07) is 8.90. The van der Waals surface area contributed by atoms with Crippen molar-refractivity contribution in [2.45, 2.75) is 25.3 Å². The average Bonchev–Trinajstić information content (AvgIpc) is 3.36. The van der Waals surface area contributed by atoms with Gasteiger partial charge in [0.2, 0.25) is 0 Å². The number of carbonyl (C=O) groups excluding carboxylic acids is 1. The highest BCUT2D eigenvalue weighted by molar-refractivity contribution is 6.30. The third kappa shape index (κ3) is 4.18. The lowest BCUT2D eigenvalue weighted by Gasteiger charge is -2.08. The van der Waals surface area contributed by atoms with Gasteiger partial charge in [0.15, 0.2) is 6.61 Å². The number of hydrogen-bond donors (Lipinski definition) is 1. The monoisotopic (exact) mass is 317 g/mol. The van der Waals surface area contributed by atoms with Crippen LogP contribution in [0.25, 0.3) is 0 Å². The van der Waals surface area contributed by atoms with Crippen molar-refractivity contribution in [1.29, 1.82) is 0 Å². The quantitative estimate of drug-likeness (QED) is 0.889. The second kappa shape index (κ2) is 6.75. The smallest absolute Gasteiger partial charge is 0.258 e. The van der Waals surface area contributed by atoms with E-state index in [1.54, 1.807) is 30.6 Å². The highest BCUT2D eigenvalue weighted by Gasteiger charge is 2.25. The molecule has 1 fully saturated rings. The molecule has 1 N–H and O–H groups in total. The van der Waals surface area contributed by atoms with Crippen LogP contribution in [-0.2, 0) is 11.3 Å². The van der Waals surface area contributed by atoms with Crippen LogP contribution in [0, 0.1) is 0 Å². The minimum atomic E-state index is -0.202. The molecule has 1 aromatic heterocycles. The molecule has 1 saturated carbocycles. The van der Waals surface area contributed by atoms with Gasteiger partial charge in [0.25, 0.3) is 5.91 Å². The largest absolute Gasteiger partial charge is 0.484 e. The van der Waals surface area contributed by atoms with Gasteiger partial charge in [-0.25, -0.2) is 9.97 Å². The maximum atomic E-state index is 11.8. The molecule has 22 heavy (non-hydrogen) atoms. The summed E-state index contributed by atoms with van der Waals surface area (Å²) in [4.78, 5) is 20.2. The maximum absolute atomic E-state index is 11.8. The second-order valence-corrected chi connectivity index (χ2v) is 5.67. The minimum absolute atomic E-state index is 0.0547. The van der Waals surface area contributed by atoms with Crippen LogP contribution in [0.2, 0.25) is 5.02 Å². The van der Waals surface area contributed by atoms with Crippen LogP contribution in [0.3, 0.4) is 0 Å². The summed E-state index contributed by atoms with van der Waals surface area (Å²) in [5.41, 5.74) is 1.88. The Labute approximate surface area is 133 Å². The molecule has 0 unspecified atom stereocenters. The number of nitrogens with one attached hydrogen (secondary N) is 1. The van der Waals surface area contributed by atoms with Crippen molar-refractivity contribution in [1.82, 2.24) is 15.3 Å². The molecule has 0 saturated heterocycles. The molecule has 1 aliphatic carbocycles. The van der Waals surface area contributed by atoms with Crippen molar-refractivity contribution in [3.63, 3.8) is 0 Å². The van der Waals surface area contributed by atoms with E-state index in [0.29, 0.717) is 23.2 Å². The first-order valence-corrected chi connectivity index (χ1v) is 7.54. The summed E-state index contributed by atoms with van der Waals surface area (Å²) in [5, 5.41) is 3.36. The summed E-state index contributed by atoms with van der Waals surface area (Å²) in [6.07, 6.45) is 3.93. The Morgan fingerprint density at radius 2 is 2.18 bits per heavy atom. The lowest BCUT2D eigenvalue weighted by Crippen LogP contribution is -2.28. The van der Waals surface area contributed by atoms with Crippen molar-refractivity contribution in [3.05, 3.63) is 53.1 Å². The number of rotatable bonds is 6. The van der Waals surface area contributed by atoms with Crippen LogP contribution >= 0.6 is 11.6 Å². The van der Waals surface area contributed by atoms with Crippen molar-refractivity contribution in [2.24, 2.45) is 0 Å². The van der Waals surface area contributed by atoms with E-state index in [2.05, 4.69) is 15.3 Å². The van der Waals surface area contributed by atoms with E-state index in [-0.39, 0.29) is 12.5 Å². The van der Waals surface area contributed by atoms with Gasteiger partial charge in [0.1, 0.15) is 12.1 Å². The van der Waals surface area contributed by atoms with Gasteiger partial charge in [-0.15, -0.1) is 0 Å². The zero-order chi connectivity index (χ0) is 15.4. The lowest BCUT2D eigenvalue weighted by atomic mass is 10.2. The molecule has 0 spiro atoms. The van der Waals surface area contributed by atoms with Gasteiger partial charge < -0.3 is 10.1 Å². The van der Waals surface area contributed by atoms with Crippen molar-refractivity contribution in [3.8, 4) is 5.75 Å². The molecule has 1 aliphatic rings. The molecular weight excluding hydrogens is 302 g/mol. The fraction of sp³-hybridized carbons (Fsp3) is 0.312. The molecule has 2 aromatic rings. The number of halogens is 1. The Morgan fingerprint density at radius 3 is 2.95 bits per heavy atom.